The topological polar surface area (TPSA) is 104 Å². The van der Waals surface area contributed by atoms with Crippen molar-refractivity contribution in [2.75, 3.05) is 6.61 Å². The third-order valence-electron chi connectivity index (χ3n) is 9.37. The third-order valence-corrected chi connectivity index (χ3v) is 9.37. The molecule has 4 aliphatic carbocycles. The van der Waals surface area contributed by atoms with Crippen LogP contribution in [-0.2, 0) is 14.3 Å². The molecule has 0 aromatic carbocycles. The minimum atomic E-state index is -2.08. The molecule has 0 aromatic heterocycles. The fraction of sp³-hybridized carbons (Fsp3) is 0.613. The molecule has 37 heavy (non-hydrogen) atoms. The van der Waals surface area contributed by atoms with Crippen molar-refractivity contribution in [3.63, 3.8) is 0 Å². The van der Waals surface area contributed by atoms with E-state index in [1.807, 2.05) is 12.2 Å². The smallest absolute Gasteiger partial charge is 0.331 e. The predicted octanol–water partition coefficient (Wildman–Crippen LogP) is 4.37. The van der Waals surface area contributed by atoms with Crippen molar-refractivity contribution in [1.29, 1.82) is 0 Å². The first-order valence-electron chi connectivity index (χ1n) is 13.7. The van der Waals surface area contributed by atoms with Gasteiger partial charge in [-0.2, -0.15) is 0 Å². The number of hydrogen-bond acceptors (Lipinski definition) is 6. The van der Waals surface area contributed by atoms with Crippen molar-refractivity contribution < 1.29 is 29.6 Å². The van der Waals surface area contributed by atoms with Crippen molar-refractivity contribution in [1.82, 2.24) is 0 Å². The van der Waals surface area contributed by atoms with Gasteiger partial charge in [0.2, 0.25) is 0 Å². The number of carbonyl (C=O) groups excluding carboxylic acids is 2. The number of aliphatic hydroxyl groups is 3. The van der Waals surface area contributed by atoms with Crippen LogP contribution >= 0.6 is 0 Å². The molecule has 2 saturated carbocycles. The zero-order valence-electron chi connectivity index (χ0n) is 22.5. The highest BCUT2D eigenvalue weighted by Crippen LogP contribution is 2.70. The lowest BCUT2D eigenvalue weighted by atomic mass is 9.63. The number of ketones is 1. The molecule has 7 unspecified atom stereocenters. The first-order valence-corrected chi connectivity index (χ1v) is 13.7. The number of carbonyl (C=O) groups is 2. The molecule has 0 saturated heterocycles. The monoisotopic (exact) mass is 510 g/mol. The van der Waals surface area contributed by atoms with Crippen LogP contribution in [0.4, 0.5) is 0 Å². The first kappa shape index (κ1) is 27.7. The van der Waals surface area contributed by atoms with Gasteiger partial charge in [-0.3, -0.25) is 4.79 Å². The van der Waals surface area contributed by atoms with Gasteiger partial charge >= 0.3 is 5.97 Å². The average Bonchev–Trinajstić information content (AvgIpc) is 3.39. The van der Waals surface area contributed by atoms with Crippen LogP contribution in [0.25, 0.3) is 0 Å². The van der Waals surface area contributed by atoms with Crippen LogP contribution in [0.3, 0.4) is 0 Å². The average molecular weight is 511 g/mol. The number of esters is 1. The van der Waals surface area contributed by atoms with Gasteiger partial charge in [0.15, 0.2) is 17.5 Å². The third kappa shape index (κ3) is 4.51. The summed E-state index contributed by atoms with van der Waals surface area (Å²) in [6.45, 7) is 7.70. The molecule has 1 spiro atoms. The number of Topliss-reactive ketones (excluding diaryl/α,β-unsaturated/α-hetero) is 1. The minimum absolute atomic E-state index is 0.0152. The summed E-state index contributed by atoms with van der Waals surface area (Å²) in [5.41, 5.74) is -2.73. The highest BCUT2D eigenvalue weighted by atomic mass is 16.6. The predicted molar refractivity (Wildman–Crippen MR) is 142 cm³/mol. The van der Waals surface area contributed by atoms with E-state index in [1.165, 1.54) is 18.9 Å². The Bertz CT molecular complexity index is 1060. The van der Waals surface area contributed by atoms with Crippen LogP contribution in [0, 0.1) is 28.6 Å². The Hall–Kier alpha value is -2.28. The van der Waals surface area contributed by atoms with Crippen molar-refractivity contribution in [3.05, 3.63) is 59.8 Å². The van der Waals surface area contributed by atoms with Gasteiger partial charge in [-0.1, -0.05) is 76.1 Å². The van der Waals surface area contributed by atoms with E-state index < -0.39 is 41.7 Å². The summed E-state index contributed by atoms with van der Waals surface area (Å²) in [5, 5.41) is 33.7. The minimum Gasteiger partial charge on any atom is -0.451 e. The van der Waals surface area contributed by atoms with E-state index >= 15 is 0 Å². The van der Waals surface area contributed by atoms with E-state index in [0.717, 1.165) is 19.3 Å². The summed E-state index contributed by atoms with van der Waals surface area (Å²) in [5.74, 6) is -0.916. The fourth-order valence-electron chi connectivity index (χ4n) is 7.32. The van der Waals surface area contributed by atoms with Crippen molar-refractivity contribution in [2.45, 2.75) is 84.0 Å². The van der Waals surface area contributed by atoms with Gasteiger partial charge in [0.1, 0.15) is 6.10 Å². The SMILES string of the molecule is CCCCC/C=C/C=C/C=C/C(=O)OC1C(C)=CC23CCC4C(C(C=C(CO)C(O)C12O)C3=O)C4(C)C. The zero-order chi connectivity index (χ0) is 27.0. The van der Waals surface area contributed by atoms with E-state index in [4.69, 9.17) is 4.74 Å². The van der Waals surface area contributed by atoms with Crippen molar-refractivity contribution >= 4 is 11.8 Å². The van der Waals surface area contributed by atoms with Crippen LogP contribution in [0.15, 0.2) is 59.8 Å². The summed E-state index contributed by atoms with van der Waals surface area (Å²) >= 11 is 0. The normalized spacial score (nSPS) is 38.2. The second-order valence-corrected chi connectivity index (χ2v) is 11.9. The summed E-state index contributed by atoms with van der Waals surface area (Å²) in [6.07, 6.45) is 16.7. The summed E-state index contributed by atoms with van der Waals surface area (Å²) < 4.78 is 5.72. The first-order chi connectivity index (χ1) is 17.6. The molecule has 6 heteroatoms. The number of allylic oxidation sites excluding steroid dienone is 6. The van der Waals surface area contributed by atoms with E-state index in [1.54, 1.807) is 31.2 Å². The van der Waals surface area contributed by atoms with Crippen molar-refractivity contribution in [3.8, 4) is 0 Å². The molecule has 0 aromatic rings. The highest BCUT2D eigenvalue weighted by Gasteiger charge is 2.74. The van der Waals surface area contributed by atoms with Gasteiger partial charge in [0.05, 0.1) is 12.0 Å². The Labute approximate surface area is 220 Å². The molecule has 0 aliphatic heterocycles. The van der Waals surface area contributed by atoms with Gasteiger partial charge in [0, 0.05) is 12.0 Å². The van der Waals surface area contributed by atoms with Gasteiger partial charge in [-0.15, -0.1) is 0 Å². The van der Waals surface area contributed by atoms with E-state index in [-0.39, 0.29) is 22.7 Å². The Morgan fingerprint density at radius 2 is 1.92 bits per heavy atom. The van der Waals surface area contributed by atoms with Crippen LogP contribution in [0.2, 0.25) is 0 Å². The quantitative estimate of drug-likeness (QED) is 0.140. The zero-order valence-corrected chi connectivity index (χ0v) is 22.5. The molecule has 2 fully saturated rings. The largest absolute Gasteiger partial charge is 0.451 e. The van der Waals surface area contributed by atoms with E-state index in [0.29, 0.717) is 17.9 Å². The highest BCUT2D eigenvalue weighted by molar-refractivity contribution is 5.95. The van der Waals surface area contributed by atoms with E-state index in [9.17, 15) is 24.9 Å². The molecule has 0 radical (unpaired) electrons. The lowest BCUT2D eigenvalue weighted by molar-refractivity contribution is -0.194. The number of aliphatic hydroxyl groups excluding tert-OH is 2. The second kappa shape index (κ2) is 10.5. The summed E-state index contributed by atoms with van der Waals surface area (Å²) in [4.78, 5) is 26.9. The second-order valence-electron chi connectivity index (χ2n) is 11.9. The van der Waals surface area contributed by atoms with E-state index in [2.05, 4.69) is 26.8 Å². The number of unbranched alkanes of at least 4 members (excludes halogenated alkanes) is 3. The lowest BCUT2D eigenvalue weighted by Gasteiger charge is -2.46. The molecule has 4 aliphatic rings. The standard InChI is InChI=1S/C31H42O6/c1-5-6-7-8-9-10-11-12-13-14-24(33)37-28-20(2)18-30-16-15-23-25(29(23,3)4)22(27(30)35)17-21(19-32)26(34)31(28,30)36/h9-14,17-18,22-23,25-26,28,32,34,36H,5-8,15-16,19H2,1-4H3/b10-9+,12-11+,14-13+. The molecular weight excluding hydrogens is 468 g/mol. The molecule has 0 amide bonds. The molecule has 6 nitrogen and oxygen atoms in total. The maximum atomic E-state index is 14.1. The van der Waals surface area contributed by atoms with Crippen LogP contribution in [-0.4, -0.2) is 51.5 Å². The number of fused-ring (bicyclic) bond motifs is 3. The molecule has 3 N–H and O–H groups in total. The maximum absolute atomic E-state index is 14.1. The maximum Gasteiger partial charge on any atom is 0.331 e. The van der Waals surface area contributed by atoms with Gasteiger partial charge in [0.25, 0.3) is 0 Å². The molecule has 202 valence electrons. The van der Waals surface area contributed by atoms with Crippen LogP contribution in [0.1, 0.15) is 66.2 Å². The fourth-order valence-corrected chi connectivity index (χ4v) is 7.32. The molecule has 7 atom stereocenters. The number of rotatable bonds is 9. The molecular formula is C31H42O6. The van der Waals surface area contributed by atoms with Gasteiger partial charge in [-0.25, -0.2) is 4.79 Å². The Kier molecular flexibility index (Phi) is 7.85. The Morgan fingerprint density at radius 3 is 2.62 bits per heavy atom. The van der Waals surface area contributed by atoms with Crippen molar-refractivity contribution in [2.24, 2.45) is 28.6 Å². The molecule has 2 bridgehead atoms. The number of ether oxygens (including phenoxy) is 1. The van der Waals surface area contributed by atoms with Crippen LogP contribution in [0.5, 0.6) is 0 Å². The van der Waals surface area contributed by atoms with Gasteiger partial charge < -0.3 is 20.1 Å². The van der Waals surface area contributed by atoms with Gasteiger partial charge in [-0.05, 0) is 61.0 Å². The molecule has 0 heterocycles. The summed E-state index contributed by atoms with van der Waals surface area (Å²) in [7, 11) is 0. The Balaban J connectivity index is 1.55. The lowest BCUT2D eigenvalue weighted by Crippen LogP contribution is -2.63. The summed E-state index contributed by atoms with van der Waals surface area (Å²) in [6, 6.07) is 0. The van der Waals surface area contributed by atoms with Crippen LogP contribution < -0.4 is 0 Å². The Morgan fingerprint density at radius 1 is 1.19 bits per heavy atom. The number of hydrogen-bond donors (Lipinski definition) is 3. The molecule has 4 rings (SSSR count).